The lowest BCUT2D eigenvalue weighted by Crippen LogP contribution is -2.40. The van der Waals surface area contributed by atoms with Gasteiger partial charge in [0.2, 0.25) is 5.91 Å². The van der Waals surface area contributed by atoms with Crippen molar-refractivity contribution in [2.24, 2.45) is 5.92 Å². The van der Waals surface area contributed by atoms with Crippen LogP contribution in [0.25, 0.3) is 0 Å². The van der Waals surface area contributed by atoms with Crippen molar-refractivity contribution in [2.75, 3.05) is 13.7 Å². The number of nitrogens with one attached hydrogen (secondary N) is 1. The molecule has 0 bridgehead atoms. The molecule has 1 aliphatic rings. The summed E-state index contributed by atoms with van der Waals surface area (Å²) in [6, 6.07) is 8.09. The average Bonchev–Trinajstić information content (AvgIpc) is 2.79. The SMILES string of the molecule is COc1ccc(C2NCC(=O)N2C(C)C(C)C)cc1. The zero-order valence-corrected chi connectivity index (χ0v) is 12.0. The highest BCUT2D eigenvalue weighted by Crippen LogP contribution is 2.28. The second-order valence-corrected chi connectivity index (χ2v) is 5.34. The van der Waals surface area contributed by atoms with E-state index in [0.717, 1.165) is 11.3 Å². The van der Waals surface area contributed by atoms with Gasteiger partial charge in [0.15, 0.2) is 0 Å². The summed E-state index contributed by atoms with van der Waals surface area (Å²) in [4.78, 5) is 14.0. The van der Waals surface area contributed by atoms with Crippen molar-refractivity contribution in [3.05, 3.63) is 29.8 Å². The first kappa shape index (κ1) is 13.9. The van der Waals surface area contributed by atoms with Crippen LogP contribution < -0.4 is 10.1 Å². The number of rotatable bonds is 4. The van der Waals surface area contributed by atoms with Gasteiger partial charge in [-0.2, -0.15) is 0 Å². The molecule has 4 nitrogen and oxygen atoms in total. The first-order valence-electron chi connectivity index (χ1n) is 6.73. The lowest BCUT2D eigenvalue weighted by atomic mass is 10.0. The molecule has 0 radical (unpaired) electrons. The van der Waals surface area contributed by atoms with Crippen molar-refractivity contribution in [3.63, 3.8) is 0 Å². The molecule has 19 heavy (non-hydrogen) atoms. The van der Waals surface area contributed by atoms with E-state index in [-0.39, 0.29) is 18.1 Å². The Morgan fingerprint density at radius 2 is 1.89 bits per heavy atom. The number of hydrogen-bond acceptors (Lipinski definition) is 3. The topological polar surface area (TPSA) is 41.6 Å². The quantitative estimate of drug-likeness (QED) is 0.904. The van der Waals surface area contributed by atoms with Crippen LogP contribution in [0.5, 0.6) is 5.75 Å². The molecule has 104 valence electrons. The van der Waals surface area contributed by atoms with Gasteiger partial charge in [-0.05, 0) is 30.5 Å². The van der Waals surface area contributed by atoms with Gasteiger partial charge in [-0.1, -0.05) is 26.0 Å². The second-order valence-electron chi connectivity index (χ2n) is 5.34. The Bertz CT molecular complexity index is 442. The van der Waals surface area contributed by atoms with E-state index in [9.17, 15) is 4.79 Å². The van der Waals surface area contributed by atoms with Crippen molar-refractivity contribution < 1.29 is 9.53 Å². The zero-order chi connectivity index (χ0) is 14.0. The van der Waals surface area contributed by atoms with Crippen LogP contribution in [-0.4, -0.2) is 30.5 Å². The van der Waals surface area contributed by atoms with Crippen molar-refractivity contribution in [1.29, 1.82) is 0 Å². The van der Waals surface area contributed by atoms with Crippen molar-refractivity contribution in [1.82, 2.24) is 10.2 Å². The maximum absolute atomic E-state index is 12.1. The predicted octanol–water partition coefficient (Wildman–Crippen LogP) is 2.17. The number of carbonyl (C=O) groups is 1. The molecule has 0 aliphatic carbocycles. The molecule has 1 aromatic carbocycles. The third kappa shape index (κ3) is 2.73. The molecule has 4 heteroatoms. The van der Waals surface area contributed by atoms with Crippen molar-refractivity contribution in [3.8, 4) is 5.75 Å². The maximum atomic E-state index is 12.1. The van der Waals surface area contributed by atoms with E-state index >= 15 is 0 Å². The highest BCUT2D eigenvalue weighted by Gasteiger charge is 2.35. The van der Waals surface area contributed by atoms with Crippen LogP contribution in [0.1, 0.15) is 32.5 Å². The minimum atomic E-state index is -0.0317. The minimum Gasteiger partial charge on any atom is -0.497 e. The summed E-state index contributed by atoms with van der Waals surface area (Å²) in [6.45, 7) is 6.79. The molecular formula is C15H22N2O2. The Labute approximate surface area is 114 Å². The molecular weight excluding hydrogens is 240 g/mol. The minimum absolute atomic E-state index is 0.0317. The van der Waals surface area contributed by atoms with Gasteiger partial charge in [0.05, 0.1) is 13.7 Å². The summed E-state index contributed by atoms with van der Waals surface area (Å²) in [5, 5.41) is 3.28. The van der Waals surface area contributed by atoms with E-state index in [1.165, 1.54) is 0 Å². The third-order valence-electron chi connectivity index (χ3n) is 3.85. The van der Waals surface area contributed by atoms with Gasteiger partial charge in [-0.3, -0.25) is 10.1 Å². The number of carbonyl (C=O) groups excluding carboxylic acids is 1. The van der Waals surface area contributed by atoms with E-state index in [1.54, 1.807) is 7.11 Å². The van der Waals surface area contributed by atoms with Crippen LogP contribution in [0.15, 0.2) is 24.3 Å². The standard InChI is InChI=1S/C15H22N2O2/c1-10(2)11(3)17-14(18)9-16-15(17)12-5-7-13(19-4)8-6-12/h5-8,10-11,15-16H,9H2,1-4H3. The molecule has 0 saturated carbocycles. The number of nitrogens with zero attached hydrogens (tertiary/aromatic N) is 1. The molecule has 1 saturated heterocycles. The average molecular weight is 262 g/mol. The number of ether oxygens (including phenoxy) is 1. The van der Waals surface area contributed by atoms with Crippen molar-refractivity contribution in [2.45, 2.75) is 33.0 Å². The van der Waals surface area contributed by atoms with Gasteiger partial charge < -0.3 is 9.64 Å². The fourth-order valence-corrected chi connectivity index (χ4v) is 2.37. The number of amides is 1. The maximum Gasteiger partial charge on any atom is 0.238 e. The van der Waals surface area contributed by atoms with Crippen LogP contribution in [-0.2, 0) is 4.79 Å². The van der Waals surface area contributed by atoms with E-state index in [2.05, 4.69) is 26.1 Å². The molecule has 1 heterocycles. The highest BCUT2D eigenvalue weighted by molar-refractivity contribution is 5.81. The number of benzene rings is 1. The summed E-state index contributed by atoms with van der Waals surface area (Å²) in [5.74, 6) is 1.43. The number of hydrogen-bond donors (Lipinski definition) is 1. The van der Waals surface area contributed by atoms with Gasteiger partial charge in [0, 0.05) is 6.04 Å². The monoisotopic (exact) mass is 262 g/mol. The Kier molecular flexibility index (Phi) is 4.10. The van der Waals surface area contributed by atoms with Crippen LogP contribution >= 0.6 is 0 Å². The summed E-state index contributed by atoms with van der Waals surface area (Å²) >= 11 is 0. The van der Waals surface area contributed by atoms with Gasteiger partial charge in [-0.25, -0.2) is 0 Å². The Balaban J connectivity index is 2.24. The molecule has 2 rings (SSSR count). The summed E-state index contributed by atoms with van der Waals surface area (Å²) in [5.41, 5.74) is 1.10. The van der Waals surface area contributed by atoms with E-state index in [0.29, 0.717) is 12.5 Å². The van der Waals surface area contributed by atoms with Crippen LogP contribution in [0.4, 0.5) is 0 Å². The molecule has 2 atom stereocenters. The Hall–Kier alpha value is -1.55. The van der Waals surface area contributed by atoms with E-state index in [1.807, 2.05) is 29.2 Å². The predicted molar refractivity (Wildman–Crippen MR) is 74.9 cm³/mol. The fourth-order valence-electron chi connectivity index (χ4n) is 2.37. The first-order chi connectivity index (χ1) is 9.04. The molecule has 0 spiro atoms. The molecule has 1 fully saturated rings. The molecule has 1 aliphatic heterocycles. The first-order valence-corrected chi connectivity index (χ1v) is 6.73. The van der Waals surface area contributed by atoms with Crippen LogP contribution in [0.3, 0.4) is 0 Å². The van der Waals surface area contributed by atoms with Crippen LogP contribution in [0, 0.1) is 5.92 Å². The zero-order valence-electron chi connectivity index (χ0n) is 12.0. The molecule has 2 unspecified atom stereocenters. The lowest BCUT2D eigenvalue weighted by Gasteiger charge is -2.33. The van der Waals surface area contributed by atoms with Gasteiger partial charge in [0.1, 0.15) is 11.9 Å². The number of methoxy groups -OCH3 is 1. The molecule has 0 aromatic heterocycles. The Morgan fingerprint density at radius 1 is 1.26 bits per heavy atom. The fraction of sp³-hybridized carbons (Fsp3) is 0.533. The van der Waals surface area contributed by atoms with Gasteiger partial charge in [-0.15, -0.1) is 0 Å². The summed E-state index contributed by atoms with van der Waals surface area (Å²) in [7, 11) is 1.65. The molecule has 1 aromatic rings. The molecule has 1 amide bonds. The highest BCUT2D eigenvalue weighted by atomic mass is 16.5. The van der Waals surface area contributed by atoms with Gasteiger partial charge >= 0.3 is 0 Å². The van der Waals surface area contributed by atoms with Crippen molar-refractivity contribution >= 4 is 5.91 Å². The van der Waals surface area contributed by atoms with E-state index < -0.39 is 0 Å². The normalized spacial score (nSPS) is 21.0. The molecule has 1 N–H and O–H groups in total. The Morgan fingerprint density at radius 3 is 2.42 bits per heavy atom. The summed E-state index contributed by atoms with van der Waals surface area (Å²) in [6.07, 6.45) is -0.0317. The lowest BCUT2D eigenvalue weighted by molar-refractivity contribution is -0.130. The largest absolute Gasteiger partial charge is 0.497 e. The van der Waals surface area contributed by atoms with Crippen LogP contribution in [0.2, 0.25) is 0 Å². The van der Waals surface area contributed by atoms with Gasteiger partial charge in [0.25, 0.3) is 0 Å². The van der Waals surface area contributed by atoms with E-state index in [4.69, 9.17) is 4.74 Å². The smallest absolute Gasteiger partial charge is 0.238 e. The summed E-state index contributed by atoms with van der Waals surface area (Å²) < 4.78 is 5.16. The third-order valence-corrected chi connectivity index (χ3v) is 3.85. The second kappa shape index (κ2) is 5.61.